The van der Waals surface area contributed by atoms with Crippen molar-refractivity contribution >= 4 is 29.0 Å². The standard InChI is InChI=1S/C15H9ClFNO3/c16-10-3-1-2-9(14(10)17)15(20)8-4-5-12-11(6-8)18-13(19)7-21-12/h1-6H,7H2,(H,18,19). The van der Waals surface area contributed by atoms with E-state index in [-0.39, 0.29) is 28.7 Å². The van der Waals surface area contributed by atoms with Crippen molar-refractivity contribution in [3.05, 3.63) is 58.4 Å². The lowest BCUT2D eigenvalue weighted by Crippen LogP contribution is -2.25. The number of ketones is 1. The van der Waals surface area contributed by atoms with Crippen molar-refractivity contribution in [2.75, 3.05) is 11.9 Å². The molecule has 2 aromatic rings. The number of fused-ring (bicyclic) bond motifs is 1. The van der Waals surface area contributed by atoms with Crippen LogP contribution in [0.4, 0.5) is 10.1 Å². The van der Waals surface area contributed by atoms with Crippen LogP contribution in [0, 0.1) is 5.82 Å². The van der Waals surface area contributed by atoms with Crippen LogP contribution < -0.4 is 10.1 Å². The molecule has 0 atom stereocenters. The van der Waals surface area contributed by atoms with Crippen LogP contribution in [0.5, 0.6) is 5.75 Å². The topological polar surface area (TPSA) is 55.4 Å². The third-order valence-corrected chi connectivity index (χ3v) is 3.36. The van der Waals surface area contributed by atoms with Crippen LogP contribution >= 0.6 is 11.6 Å². The fourth-order valence-electron chi connectivity index (χ4n) is 2.06. The van der Waals surface area contributed by atoms with Gasteiger partial charge in [0, 0.05) is 5.56 Å². The summed E-state index contributed by atoms with van der Waals surface area (Å²) in [5.74, 6) is -1.11. The van der Waals surface area contributed by atoms with E-state index in [9.17, 15) is 14.0 Å². The number of anilines is 1. The second-order valence-corrected chi connectivity index (χ2v) is 4.89. The van der Waals surface area contributed by atoms with Crippen LogP contribution in [0.25, 0.3) is 0 Å². The van der Waals surface area contributed by atoms with Crippen LogP contribution in [-0.2, 0) is 4.79 Å². The second-order valence-electron chi connectivity index (χ2n) is 4.48. The molecule has 1 N–H and O–H groups in total. The Kier molecular flexibility index (Phi) is 3.35. The van der Waals surface area contributed by atoms with E-state index in [0.717, 1.165) is 0 Å². The number of ether oxygens (including phenoxy) is 1. The molecule has 0 radical (unpaired) electrons. The summed E-state index contributed by atoms with van der Waals surface area (Å²) >= 11 is 5.68. The molecule has 21 heavy (non-hydrogen) atoms. The zero-order valence-electron chi connectivity index (χ0n) is 10.7. The van der Waals surface area contributed by atoms with E-state index in [0.29, 0.717) is 11.4 Å². The van der Waals surface area contributed by atoms with Gasteiger partial charge in [0.05, 0.1) is 16.3 Å². The molecule has 1 aliphatic rings. The average molecular weight is 306 g/mol. The highest BCUT2D eigenvalue weighted by Gasteiger charge is 2.20. The van der Waals surface area contributed by atoms with Crippen LogP contribution in [0.15, 0.2) is 36.4 Å². The lowest BCUT2D eigenvalue weighted by molar-refractivity contribution is -0.118. The van der Waals surface area contributed by atoms with Gasteiger partial charge in [-0.15, -0.1) is 0 Å². The van der Waals surface area contributed by atoms with Gasteiger partial charge in [0.25, 0.3) is 5.91 Å². The first kappa shape index (κ1) is 13.6. The Hall–Kier alpha value is -2.40. The lowest BCUT2D eigenvalue weighted by Gasteiger charge is -2.18. The van der Waals surface area contributed by atoms with Crippen LogP contribution in [0.3, 0.4) is 0 Å². The molecule has 0 bridgehead atoms. The predicted molar refractivity (Wildman–Crippen MR) is 75.4 cm³/mol. The van der Waals surface area contributed by atoms with Crippen molar-refractivity contribution in [1.29, 1.82) is 0 Å². The molecule has 0 aromatic heterocycles. The quantitative estimate of drug-likeness (QED) is 0.868. The summed E-state index contributed by atoms with van der Waals surface area (Å²) in [7, 11) is 0. The molecule has 0 saturated carbocycles. The number of nitrogens with one attached hydrogen (secondary N) is 1. The molecule has 1 aliphatic heterocycles. The number of carbonyl (C=O) groups excluding carboxylic acids is 2. The Labute approximate surface area is 124 Å². The molecular weight excluding hydrogens is 297 g/mol. The molecule has 0 saturated heterocycles. The normalized spacial score (nSPS) is 13.1. The van der Waals surface area contributed by atoms with E-state index in [4.69, 9.17) is 16.3 Å². The van der Waals surface area contributed by atoms with Gasteiger partial charge < -0.3 is 10.1 Å². The maximum Gasteiger partial charge on any atom is 0.262 e. The van der Waals surface area contributed by atoms with E-state index in [1.165, 1.54) is 30.3 Å². The first-order chi connectivity index (χ1) is 10.1. The molecule has 2 aromatic carbocycles. The molecule has 1 heterocycles. The van der Waals surface area contributed by atoms with Gasteiger partial charge in [-0.05, 0) is 30.3 Å². The van der Waals surface area contributed by atoms with E-state index in [1.807, 2.05) is 0 Å². The van der Waals surface area contributed by atoms with Gasteiger partial charge >= 0.3 is 0 Å². The van der Waals surface area contributed by atoms with Crippen molar-refractivity contribution in [1.82, 2.24) is 0 Å². The van der Waals surface area contributed by atoms with E-state index in [1.54, 1.807) is 6.07 Å². The first-order valence-electron chi connectivity index (χ1n) is 6.11. The van der Waals surface area contributed by atoms with Gasteiger partial charge in [0.15, 0.2) is 18.2 Å². The number of benzene rings is 2. The highest BCUT2D eigenvalue weighted by molar-refractivity contribution is 6.31. The first-order valence-corrected chi connectivity index (χ1v) is 6.49. The largest absolute Gasteiger partial charge is 0.482 e. The Balaban J connectivity index is 2.01. The number of halogens is 2. The van der Waals surface area contributed by atoms with Gasteiger partial charge in [0.1, 0.15) is 5.75 Å². The fraction of sp³-hybridized carbons (Fsp3) is 0.0667. The minimum Gasteiger partial charge on any atom is -0.482 e. The molecule has 3 rings (SSSR count). The number of amides is 1. The Bertz CT molecular complexity index is 761. The predicted octanol–water partition coefficient (Wildman–Crippen LogP) is 3.04. The third kappa shape index (κ3) is 2.48. The number of hydrogen-bond acceptors (Lipinski definition) is 3. The maximum atomic E-state index is 13.9. The summed E-state index contributed by atoms with van der Waals surface area (Å²) in [6.07, 6.45) is 0. The summed E-state index contributed by atoms with van der Waals surface area (Å²) in [5.41, 5.74) is 0.505. The Morgan fingerprint density at radius 3 is 2.90 bits per heavy atom. The summed E-state index contributed by atoms with van der Waals surface area (Å²) < 4.78 is 19.1. The van der Waals surface area contributed by atoms with Crippen LogP contribution in [-0.4, -0.2) is 18.3 Å². The monoisotopic (exact) mass is 305 g/mol. The molecule has 6 heteroatoms. The maximum absolute atomic E-state index is 13.9. The van der Waals surface area contributed by atoms with Crippen molar-refractivity contribution in [3.8, 4) is 5.75 Å². The minimum absolute atomic E-state index is 0.0663. The average Bonchev–Trinajstić information content (AvgIpc) is 2.48. The highest BCUT2D eigenvalue weighted by atomic mass is 35.5. The van der Waals surface area contributed by atoms with E-state index >= 15 is 0 Å². The zero-order valence-corrected chi connectivity index (χ0v) is 11.4. The molecular formula is C15H9ClFNO3. The second kappa shape index (κ2) is 5.18. The Morgan fingerprint density at radius 2 is 2.10 bits per heavy atom. The van der Waals surface area contributed by atoms with E-state index in [2.05, 4.69) is 5.32 Å². The number of rotatable bonds is 2. The molecule has 106 valence electrons. The third-order valence-electron chi connectivity index (χ3n) is 3.07. The SMILES string of the molecule is O=C1COc2ccc(C(=O)c3cccc(Cl)c3F)cc2N1. The van der Waals surface area contributed by atoms with Crippen molar-refractivity contribution < 1.29 is 18.7 Å². The fourth-order valence-corrected chi connectivity index (χ4v) is 2.23. The van der Waals surface area contributed by atoms with Crippen molar-refractivity contribution in [3.63, 3.8) is 0 Å². The van der Waals surface area contributed by atoms with Gasteiger partial charge in [0.2, 0.25) is 0 Å². The molecule has 0 spiro atoms. The Morgan fingerprint density at radius 1 is 1.29 bits per heavy atom. The van der Waals surface area contributed by atoms with Crippen molar-refractivity contribution in [2.24, 2.45) is 0 Å². The highest BCUT2D eigenvalue weighted by Crippen LogP contribution is 2.30. The molecule has 4 nitrogen and oxygen atoms in total. The smallest absolute Gasteiger partial charge is 0.262 e. The summed E-state index contributed by atoms with van der Waals surface area (Å²) in [4.78, 5) is 23.6. The summed E-state index contributed by atoms with van der Waals surface area (Å²) in [6.45, 7) is -0.0663. The zero-order chi connectivity index (χ0) is 15.0. The van der Waals surface area contributed by atoms with Gasteiger partial charge in [-0.2, -0.15) is 0 Å². The number of carbonyl (C=O) groups is 2. The van der Waals surface area contributed by atoms with Gasteiger partial charge in [-0.1, -0.05) is 17.7 Å². The molecule has 0 fully saturated rings. The van der Waals surface area contributed by atoms with Gasteiger partial charge in [-0.3, -0.25) is 9.59 Å². The minimum atomic E-state index is -0.762. The van der Waals surface area contributed by atoms with Gasteiger partial charge in [-0.25, -0.2) is 4.39 Å². The molecule has 0 aliphatic carbocycles. The summed E-state index contributed by atoms with van der Waals surface area (Å²) in [5, 5.41) is 2.48. The lowest BCUT2D eigenvalue weighted by atomic mass is 10.0. The van der Waals surface area contributed by atoms with E-state index < -0.39 is 11.6 Å². The molecule has 0 unspecified atom stereocenters. The summed E-state index contributed by atoms with van der Waals surface area (Å²) in [6, 6.07) is 8.76. The van der Waals surface area contributed by atoms with Crippen molar-refractivity contribution in [2.45, 2.75) is 0 Å². The number of hydrogen-bond donors (Lipinski definition) is 1. The molecule has 1 amide bonds. The van der Waals surface area contributed by atoms with Crippen LogP contribution in [0.2, 0.25) is 5.02 Å². The van der Waals surface area contributed by atoms with Crippen LogP contribution in [0.1, 0.15) is 15.9 Å².